The second kappa shape index (κ2) is 44.3. The number of carboxylic acids is 12. The van der Waals surface area contributed by atoms with E-state index >= 15 is 0 Å². The highest BCUT2D eigenvalue weighted by molar-refractivity contribution is 7.18. The fourth-order valence-corrected chi connectivity index (χ4v) is 12.8. The average Bonchev–Trinajstić information content (AvgIpc) is 1.46. The summed E-state index contributed by atoms with van der Waals surface area (Å²) in [6, 6.07) is 9.68. The van der Waals surface area contributed by atoms with E-state index in [2.05, 4.69) is 21.3 Å². The summed E-state index contributed by atoms with van der Waals surface area (Å²) in [6.45, 7) is -8.29. The summed E-state index contributed by atoms with van der Waals surface area (Å²) in [7, 11) is 0. The first kappa shape index (κ1) is 88.7. The first-order valence-corrected chi connectivity index (χ1v) is 34.3. The number of hydrogen-bond acceptors (Lipinski definition) is 24. The SMILES string of the molecule is O=C(O)CN(CC(=O)O)C(CCCCCC(=O)C(CCC(=O)NC(C(=O)O)N(CC(=O)O)CC(=O)O)NC(=O)CC[n+]1c(/C=C2\C=CN(CCC(=O)CC(CCC(=O)NC(C(=O)O)N(CC(=O)O)CC(=O)O)C(=O)NCCCCC(C(=O)O)N(CC(=O)O)CC(=O)O)c3ccccc32)sc2ccccc21)C(=O)O. The third kappa shape index (κ3) is 30.8. The Labute approximate surface area is 617 Å². The first-order chi connectivity index (χ1) is 50.9. The second-order valence-corrected chi connectivity index (χ2v) is 25.8. The van der Waals surface area contributed by atoms with Crippen molar-refractivity contribution in [1.82, 2.24) is 40.9 Å². The van der Waals surface area contributed by atoms with Gasteiger partial charge in [-0.25, -0.2) is 9.59 Å². The minimum atomic E-state index is -2.17. The van der Waals surface area contributed by atoms with Crippen molar-refractivity contribution < 1.29 is 152 Å². The van der Waals surface area contributed by atoms with Crippen molar-refractivity contribution in [2.24, 2.45) is 5.92 Å². The van der Waals surface area contributed by atoms with E-state index in [9.17, 15) is 148 Å². The Bertz CT molecular complexity index is 3830. The molecule has 2 aromatic carbocycles. The van der Waals surface area contributed by atoms with Crippen LogP contribution in [0.2, 0.25) is 0 Å². The maximum atomic E-state index is 14.1. The van der Waals surface area contributed by atoms with Gasteiger partial charge in [-0.15, -0.1) is 0 Å². The number of carboxylic acid groups (broad SMARTS) is 12. The number of aromatic nitrogens is 1. The summed E-state index contributed by atoms with van der Waals surface area (Å²) in [6.07, 6.45) is -2.75. The summed E-state index contributed by atoms with van der Waals surface area (Å²) in [5, 5.41) is 124. The molecule has 3 aromatic rings. The molecule has 0 radical (unpaired) electrons. The number of benzene rings is 2. The van der Waals surface area contributed by atoms with Gasteiger partial charge in [0.15, 0.2) is 24.7 Å². The lowest BCUT2D eigenvalue weighted by atomic mass is 9.94. The van der Waals surface area contributed by atoms with Crippen molar-refractivity contribution in [3.8, 4) is 0 Å². The molecule has 588 valence electrons. The number of ketones is 2. The van der Waals surface area contributed by atoms with Gasteiger partial charge >= 0.3 is 71.6 Å². The minimum absolute atomic E-state index is 0.00883. The molecular formula is C67H85N10O30S+. The van der Waals surface area contributed by atoms with E-state index < -0.39 is 228 Å². The van der Waals surface area contributed by atoms with E-state index in [4.69, 9.17) is 0 Å². The molecular weight excluding hydrogens is 1460 g/mol. The summed E-state index contributed by atoms with van der Waals surface area (Å²) in [4.78, 5) is 227. The summed E-state index contributed by atoms with van der Waals surface area (Å²) < 4.78 is 2.60. The molecule has 0 fully saturated rings. The van der Waals surface area contributed by atoms with Crippen LogP contribution in [0.3, 0.4) is 0 Å². The Kier molecular flexibility index (Phi) is 36.4. The molecule has 6 atom stereocenters. The molecule has 1 aromatic heterocycles. The van der Waals surface area contributed by atoms with Crippen molar-refractivity contribution in [2.45, 2.75) is 133 Å². The maximum absolute atomic E-state index is 14.1. The van der Waals surface area contributed by atoms with Gasteiger partial charge in [0.05, 0.1) is 64.8 Å². The molecule has 108 heavy (non-hydrogen) atoms. The Hall–Kier alpha value is -11.7. The normalized spacial score (nSPS) is 13.9. The molecule has 6 unspecified atom stereocenters. The van der Waals surface area contributed by atoms with Gasteiger partial charge < -0.3 is 87.4 Å². The Balaban J connectivity index is 1.57. The highest BCUT2D eigenvalue weighted by Gasteiger charge is 2.36. The molecule has 4 amide bonds. The molecule has 0 bridgehead atoms. The van der Waals surface area contributed by atoms with Gasteiger partial charge in [-0.1, -0.05) is 54.5 Å². The molecule has 1 aliphatic rings. The number of aryl methyl sites for hydroxylation is 1. The van der Waals surface area contributed by atoms with Crippen molar-refractivity contribution in [3.63, 3.8) is 0 Å². The lowest BCUT2D eigenvalue weighted by molar-refractivity contribution is -0.667. The van der Waals surface area contributed by atoms with E-state index in [1.807, 2.05) is 16.7 Å². The molecule has 4 rings (SSSR count). The smallest absolute Gasteiger partial charge is 0.341 e. The number of aliphatic carboxylic acids is 12. The third-order valence-electron chi connectivity index (χ3n) is 16.6. The first-order valence-electron chi connectivity index (χ1n) is 33.4. The van der Waals surface area contributed by atoms with Gasteiger partial charge in [0.2, 0.25) is 29.1 Å². The predicted molar refractivity (Wildman–Crippen MR) is 370 cm³/mol. The molecule has 0 spiro atoms. The van der Waals surface area contributed by atoms with Crippen LogP contribution >= 0.6 is 11.3 Å². The standard InChI is InChI=1S/C67H84N10O30S/c78-40(28-39(17-19-49(80)70-61(66(104)105)75(34-57(91)92)35-58(93)94)63(99)68-24-9-8-14-46(65(102)103)74(32-55(87)88)33-56(89)90)22-26-72-25-21-38(41-10-4-5-11-43(41)72)29-52-77(44-12-6-7-16-48(44)108-52)27-23-51(82)69-42(18-20-50(81)71-62(67(106)107)76(36-59(95)96)37-60(97)98)47(79)15-3-1-2-13-45(64(100)101)73(30-53(83)84)31-54(85)86/h4-7,10-12,16,21,25,29,39,42,45-46,61-62H,1-3,8-9,13-15,17-20,22-24,26-28,30-37H2,(H15-,68,69,70,71,80,81,82,83,84,85,86,87,88,89,90,91,92,93,94,95,96,97,98,99,100,101,102,103,104,105,106,107)/p+1. The van der Waals surface area contributed by atoms with Gasteiger partial charge in [0, 0.05) is 80.7 Å². The Morgan fingerprint density at radius 2 is 0.917 bits per heavy atom. The van der Waals surface area contributed by atoms with Crippen molar-refractivity contribution in [3.05, 3.63) is 71.4 Å². The monoisotopic (exact) mass is 1540 g/mol. The zero-order chi connectivity index (χ0) is 80.5. The predicted octanol–water partition coefficient (Wildman–Crippen LogP) is -0.885. The largest absolute Gasteiger partial charge is 0.480 e. The van der Waals surface area contributed by atoms with Gasteiger partial charge in [0.25, 0.3) is 5.01 Å². The van der Waals surface area contributed by atoms with Crippen LogP contribution in [0.5, 0.6) is 0 Å². The average molecular weight is 1540 g/mol. The molecule has 1 aliphatic heterocycles. The molecule has 2 heterocycles. The maximum Gasteiger partial charge on any atom is 0.341 e. The number of nitrogens with one attached hydrogen (secondary N) is 4. The second-order valence-electron chi connectivity index (χ2n) is 24.8. The van der Waals surface area contributed by atoms with Crippen LogP contribution in [-0.2, 0) is 92.8 Å². The van der Waals surface area contributed by atoms with E-state index in [1.54, 1.807) is 59.6 Å². The van der Waals surface area contributed by atoms with Crippen LogP contribution in [0, 0.1) is 5.92 Å². The number of unbranched alkanes of at least 4 members (excludes halogenated alkanes) is 3. The summed E-state index contributed by atoms with van der Waals surface area (Å²) >= 11 is 1.34. The van der Waals surface area contributed by atoms with Crippen LogP contribution in [0.15, 0.2) is 60.8 Å². The van der Waals surface area contributed by atoms with E-state index in [1.165, 1.54) is 11.3 Å². The van der Waals surface area contributed by atoms with Gasteiger partial charge in [-0.05, 0) is 68.7 Å². The number of carbonyl (C=O) groups is 18. The third-order valence-corrected chi connectivity index (χ3v) is 17.7. The number of nitrogens with zero attached hydrogens (tertiary/aromatic N) is 6. The van der Waals surface area contributed by atoms with E-state index in [-0.39, 0.29) is 83.8 Å². The van der Waals surface area contributed by atoms with Crippen molar-refractivity contribution in [2.75, 3.05) is 70.3 Å². The lowest BCUT2D eigenvalue weighted by Gasteiger charge is -2.27. The quantitative estimate of drug-likeness (QED) is 0.0185. The summed E-state index contributed by atoms with van der Waals surface area (Å²) in [5.41, 5.74) is 2.58. The van der Waals surface area contributed by atoms with Crippen LogP contribution in [0.4, 0.5) is 5.69 Å². The molecule has 0 aliphatic carbocycles. The molecule has 41 heteroatoms. The van der Waals surface area contributed by atoms with Crippen LogP contribution in [-0.4, -0.2) is 284 Å². The fourth-order valence-electron chi connectivity index (χ4n) is 11.7. The van der Waals surface area contributed by atoms with E-state index in [0.717, 1.165) is 14.5 Å². The number of hydrogen-bond donors (Lipinski definition) is 16. The number of allylic oxidation sites excluding steroid dienone is 2. The molecule has 16 N–H and O–H groups in total. The number of anilines is 1. The highest BCUT2D eigenvalue weighted by Crippen LogP contribution is 2.35. The number of Topliss-reactive ketones (excluding diaryl/α,β-unsaturated/α-hetero) is 2. The number of thiazole rings is 1. The molecule has 0 saturated carbocycles. The minimum Gasteiger partial charge on any atom is -0.480 e. The van der Waals surface area contributed by atoms with Crippen molar-refractivity contribution in [1.29, 1.82) is 0 Å². The zero-order valence-corrected chi connectivity index (χ0v) is 58.8. The van der Waals surface area contributed by atoms with Gasteiger partial charge in [-0.3, -0.25) is 96.3 Å². The van der Waals surface area contributed by atoms with Gasteiger partial charge in [0.1, 0.15) is 22.6 Å². The molecule has 40 nitrogen and oxygen atoms in total. The van der Waals surface area contributed by atoms with E-state index in [0.29, 0.717) is 37.1 Å². The Morgan fingerprint density at radius 1 is 0.463 bits per heavy atom. The summed E-state index contributed by atoms with van der Waals surface area (Å²) in [5.74, 6) is -25.2. The molecule has 0 saturated heterocycles. The van der Waals surface area contributed by atoms with Crippen LogP contribution in [0.25, 0.3) is 21.9 Å². The number of para-hydroxylation sites is 2. The fraction of sp³-hybridized carbons (Fsp3) is 0.478. The number of fused-ring (bicyclic) bond motifs is 2. The van der Waals surface area contributed by atoms with Gasteiger partial charge in [-0.2, -0.15) is 4.57 Å². The highest BCUT2D eigenvalue weighted by atomic mass is 32.1. The van der Waals surface area contributed by atoms with Crippen molar-refractivity contribution >= 4 is 146 Å². The number of rotatable bonds is 55. The number of amides is 4. The van der Waals surface area contributed by atoms with Crippen LogP contribution < -0.4 is 30.7 Å². The topological polar surface area (TPSA) is 618 Å². The Morgan fingerprint density at radius 3 is 1.41 bits per heavy atom. The zero-order valence-electron chi connectivity index (χ0n) is 58.0. The lowest BCUT2D eigenvalue weighted by Crippen LogP contribution is -2.56. The number of carbonyl (C=O) groups excluding carboxylic acids is 6. The van der Waals surface area contributed by atoms with Crippen LogP contribution in [0.1, 0.15) is 107 Å².